The van der Waals surface area contributed by atoms with Crippen LogP contribution in [-0.2, 0) is 17.9 Å². The number of amides is 1. The molecule has 0 unspecified atom stereocenters. The van der Waals surface area contributed by atoms with Gasteiger partial charge in [0.15, 0.2) is 11.0 Å². The molecular formula is C21H21ClN4O3S. The summed E-state index contributed by atoms with van der Waals surface area (Å²) in [5, 5.41) is 21.7. The minimum absolute atomic E-state index is 0.138. The second-order valence-corrected chi connectivity index (χ2v) is 7.91. The number of hydrogen-bond donors (Lipinski definition) is 2. The molecule has 7 nitrogen and oxygen atoms in total. The van der Waals surface area contributed by atoms with Gasteiger partial charge in [-0.15, -0.1) is 10.2 Å². The van der Waals surface area contributed by atoms with Crippen molar-refractivity contribution in [1.29, 1.82) is 0 Å². The first kappa shape index (κ1) is 21.9. The van der Waals surface area contributed by atoms with E-state index in [0.29, 0.717) is 16.7 Å². The van der Waals surface area contributed by atoms with Crippen molar-refractivity contribution in [2.75, 3.05) is 5.75 Å². The van der Waals surface area contributed by atoms with Gasteiger partial charge < -0.3 is 15.0 Å². The van der Waals surface area contributed by atoms with Gasteiger partial charge in [0.2, 0.25) is 5.91 Å². The van der Waals surface area contributed by atoms with Crippen LogP contribution in [0.25, 0.3) is 11.4 Å². The molecule has 30 heavy (non-hydrogen) atoms. The van der Waals surface area contributed by atoms with E-state index in [4.69, 9.17) is 16.7 Å². The molecule has 0 bridgehead atoms. The third kappa shape index (κ3) is 5.61. The zero-order chi connectivity index (χ0) is 21.5. The van der Waals surface area contributed by atoms with E-state index in [1.165, 1.54) is 23.9 Å². The van der Waals surface area contributed by atoms with Crippen molar-refractivity contribution < 1.29 is 14.7 Å². The average Bonchev–Trinajstić information content (AvgIpc) is 3.14. The number of aromatic nitrogens is 3. The molecule has 1 heterocycles. The van der Waals surface area contributed by atoms with Gasteiger partial charge in [-0.1, -0.05) is 42.4 Å². The van der Waals surface area contributed by atoms with Crippen LogP contribution >= 0.6 is 23.4 Å². The first-order valence-electron chi connectivity index (χ1n) is 9.38. The maximum atomic E-state index is 12.3. The SMILES string of the molecule is CCCn1c(SCC(=O)NCc2ccc(C(=O)O)cc2)nnc1-c1ccc(Cl)cc1. The van der Waals surface area contributed by atoms with Crippen molar-refractivity contribution in [2.45, 2.75) is 31.6 Å². The fourth-order valence-electron chi connectivity index (χ4n) is 2.78. The van der Waals surface area contributed by atoms with Crippen LogP contribution in [0.3, 0.4) is 0 Å². The Morgan fingerprint density at radius 3 is 2.43 bits per heavy atom. The molecule has 0 fully saturated rings. The van der Waals surface area contributed by atoms with Crippen LogP contribution in [0.2, 0.25) is 5.02 Å². The summed E-state index contributed by atoms with van der Waals surface area (Å²) in [5.41, 5.74) is 1.96. The van der Waals surface area contributed by atoms with Crippen molar-refractivity contribution in [3.05, 3.63) is 64.7 Å². The predicted molar refractivity (Wildman–Crippen MR) is 117 cm³/mol. The molecule has 2 N–H and O–H groups in total. The van der Waals surface area contributed by atoms with E-state index in [1.807, 2.05) is 28.8 Å². The normalized spacial score (nSPS) is 10.7. The standard InChI is InChI=1S/C21H21ClN4O3S/c1-2-11-26-19(15-7-9-17(22)10-8-15)24-25-21(26)30-13-18(27)23-12-14-3-5-16(6-4-14)20(28)29/h3-10H,2,11-13H2,1H3,(H,23,27)(H,28,29). The second-order valence-electron chi connectivity index (χ2n) is 6.53. The number of carboxylic acids is 1. The number of nitrogens with one attached hydrogen (secondary N) is 1. The summed E-state index contributed by atoms with van der Waals surface area (Å²) < 4.78 is 2.01. The molecular weight excluding hydrogens is 424 g/mol. The number of nitrogens with zero attached hydrogens (tertiary/aromatic N) is 3. The molecule has 3 rings (SSSR count). The molecule has 0 aliphatic rings. The minimum Gasteiger partial charge on any atom is -0.478 e. The molecule has 9 heteroatoms. The van der Waals surface area contributed by atoms with Crippen molar-refractivity contribution in [2.24, 2.45) is 0 Å². The zero-order valence-electron chi connectivity index (χ0n) is 16.3. The van der Waals surface area contributed by atoms with Crippen LogP contribution in [0.4, 0.5) is 0 Å². The smallest absolute Gasteiger partial charge is 0.335 e. The third-order valence-corrected chi connectivity index (χ3v) is 5.51. The second kappa shape index (κ2) is 10.3. The lowest BCUT2D eigenvalue weighted by molar-refractivity contribution is -0.118. The van der Waals surface area contributed by atoms with Gasteiger partial charge in [0.1, 0.15) is 0 Å². The topological polar surface area (TPSA) is 97.1 Å². The fourth-order valence-corrected chi connectivity index (χ4v) is 3.70. The third-order valence-electron chi connectivity index (χ3n) is 4.29. The summed E-state index contributed by atoms with van der Waals surface area (Å²) in [4.78, 5) is 23.1. The van der Waals surface area contributed by atoms with Crippen molar-refractivity contribution in [3.63, 3.8) is 0 Å². The van der Waals surface area contributed by atoms with Crippen molar-refractivity contribution >= 4 is 35.2 Å². The maximum absolute atomic E-state index is 12.3. The maximum Gasteiger partial charge on any atom is 0.335 e. The molecule has 3 aromatic rings. The molecule has 0 spiro atoms. The number of carbonyl (C=O) groups is 2. The zero-order valence-corrected chi connectivity index (χ0v) is 17.9. The highest BCUT2D eigenvalue weighted by molar-refractivity contribution is 7.99. The Morgan fingerprint density at radius 2 is 1.80 bits per heavy atom. The monoisotopic (exact) mass is 444 g/mol. The highest BCUT2D eigenvalue weighted by atomic mass is 35.5. The van der Waals surface area contributed by atoms with Crippen molar-refractivity contribution in [3.8, 4) is 11.4 Å². The Morgan fingerprint density at radius 1 is 1.10 bits per heavy atom. The molecule has 0 radical (unpaired) electrons. The molecule has 0 saturated carbocycles. The summed E-state index contributed by atoms with van der Waals surface area (Å²) in [7, 11) is 0. The van der Waals surface area contributed by atoms with Crippen LogP contribution in [0.5, 0.6) is 0 Å². The van der Waals surface area contributed by atoms with Gasteiger partial charge in [0.25, 0.3) is 0 Å². The van der Waals surface area contributed by atoms with Gasteiger partial charge in [0, 0.05) is 23.7 Å². The van der Waals surface area contributed by atoms with Gasteiger partial charge in [-0.25, -0.2) is 4.79 Å². The Hall–Kier alpha value is -2.84. The van der Waals surface area contributed by atoms with Gasteiger partial charge in [0.05, 0.1) is 11.3 Å². The van der Waals surface area contributed by atoms with Crippen molar-refractivity contribution in [1.82, 2.24) is 20.1 Å². The number of hydrogen-bond acceptors (Lipinski definition) is 5. The van der Waals surface area contributed by atoms with E-state index >= 15 is 0 Å². The summed E-state index contributed by atoms with van der Waals surface area (Å²) in [6, 6.07) is 13.8. The quantitative estimate of drug-likeness (QED) is 0.482. The molecule has 0 aliphatic carbocycles. The molecule has 1 amide bonds. The lowest BCUT2D eigenvalue weighted by atomic mass is 10.1. The van der Waals surface area contributed by atoms with E-state index in [0.717, 1.165) is 29.9 Å². The minimum atomic E-state index is -0.976. The van der Waals surface area contributed by atoms with Crippen LogP contribution in [0.15, 0.2) is 53.7 Å². The number of thioether (sulfide) groups is 1. The highest BCUT2D eigenvalue weighted by Crippen LogP contribution is 2.25. The van der Waals surface area contributed by atoms with Gasteiger partial charge >= 0.3 is 5.97 Å². The van der Waals surface area contributed by atoms with E-state index in [9.17, 15) is 9.59 Å². The number of aromatic carboxylic acids is 1. The largest absolute Gasteiger partial charge is 0.478 e. The number of benzene rings is 2. The molecule has 0 atom stereocenters. The number of carboxylic acid groups (broad SMARTS) is 1. The van der Waals surface area contributed by atoms with Crippen LogP contribution in [0.1, 0.15) is 29.3 Å². The van der Waals surface area contributed by atoms with Gasteiger partial charge in [-0.3, -0.25) is 4.79 Å². The van der Waals surface area contributed by atoms with Crippen LogP contribution < -0.4 is 5.32 Å². The van der Waals surface area contributed by atoms with Crippen LogP contribution in [0, 0.1) is 0 Å². The Bertz CT molecular complexity index is 1020. The summed E-state index contributed by atoms with van der Waals surface area (Å²) in [6.45, 7) is 3.14. The van der Waals surface area contributed by atoms with Gasteiger partial charge in [-0.05, 0) is 48.4 Å². The Balaban J connectivity index is 1.60. The Labute approximate surface area is 183 Å². The molecule has 1 aromatic heterocycles. The first-order valence-corrected chi connectivity index (χ1v) is 10.7. The van der Waals surface area contributed by atoms with Crippen LogP contribution in [-0.4, -0.2) is 37.5 Å². The molecule has 2 aromatic carbocycles. The van der Waals surface area contributed by atoms with E-state index in [1.54, 1.807) is 12.1 Å². The number of rotatable bonds is 9. The fraction of sp³-hybridized carbons (Fsp3) is 0.238. The summed E-state index contributed by atoms with van der Waals surface area (Å²) in [6.07, 6.45) is 0.907. The number of halogens is 1. The molecule has 0 aliphatic heterocycles. The number of carbonyl (C=O) groups excluding carboxylic acids is 1. The van der Waals surface area contributed by atoms with E-state index in [-0.39, 0.29) is 17.2 Å². The molecule has 156 valence electrons. The van der Waals surface area contributed by atoms with Gasteiger partial charge in [-0.2, -0.15) is 0 Å². The van der Waals surface area contributed by atoms with E-state index < -0.39 is 5.97 Å². The van der Waals surface area contributed by atoms with E-state index in [2.05, 4.69) is 22.4 Å². The molecule has 0 saturated heterocycles. The lowest BCUT2D eigenvalue weighted by Gasteiger charge is -2.09. The first-order chi connectivity index (χ1) is 14.5. The summed E-state index contributed by atoms with van der Waals surface area (Å²) >= 11 is 7.30. The Kier molecular flexibility index (Phi) is 7.48. The average molecular weight is 445 g/mol. The predicted octanol–water partition coefficient (Wildman–Crippen LogP) is 4.12. The highest BCUT2D eigenvalue weighted by Gasteiger charge is 2.15. The summed E-state index contributed by atoms with van der Waals surface area (Å²) in [5.74, 6) is -0.164. The lowest BCUT2D eigenvalue weighted by Crippen LogP contribution is -2.24.